The maximum Gasteiger partial charge on any atom is 0.225 e. The summed E-state index contributed by atoms with van der Waals surface area (Å²) < 4.78 is 5.75. The molecule has 0 bridgehead atoms. The lowest BCUT2D eigenvalue weighted by atomic mass is 10.1. The Labute approximate surface area is 167 Å². The fourth-order valence-electron chi connectivity index (χ4n) is 3.43. The first-order chi connectivity index (χ1) is 13.5. The largest absolute Gasteiger partial charge is 0.491 e. The monoisotopic (exact) mass is 382 g/mol. The van der Waals surface area contributed by atoms with E-state index in [2.05, 4.69) is 17.0 Å². The maximum absolute atomic E-state index is 12.0. The van der Waals surface area contributed by atoms with Crippen LogP contribution < -0.4 is 4.74 Å². The highest BCUT2D eigenvalue weighted by atomic mass is 16.5. The highest BCUT2D eigenvalue weighted by Gasteiger charge is 2.24. The molecule has 0 aliphatic carbocycles. The van der Waals surface area contributed by atoms with Gasteiger partial charge in [-0.05, 0) is 23.3 Å². The Bertz CT molecular complexity index is 738. The first-order valence-corrected chi connectivity index (χ1v) is 10.0. The number of aliphatic hydroxyl groups excluding tert-OH is 1. The summed E-state index contributed by atoms with van der Waals surface area (Å²) in [6.45, 7) is 7.73. The van der Waals surface area contributed by atoms with E-state index < -0.39 is 6.10 Å². The molecule has 3 rings (SSSR count). The fourth-order valence-corrected chi connectivity index (χ4v) is 3.43. The van der Waals surface area contributed by atoms with E-state index in [1.807, 2.05) is 61.2 Å². The van der Waals surface area contributed by atoms with E-state index in [0.717, 1.165) is 37.5 Å². The summed E-state index contributed by atoms with van der Waals surface area (Å²) in [6, 6.07) is 18.1. The van der Waals surface area contributed by atoms with Crippen LogP contribution >= 0.6 is 0 Å². The van der Waals surface area contributed by atoms with Crippen LogP contribution in [0.4, 0.5) is 0 Å². The molecule has 1 atom stereocenters. The van der Waals surface area contributed by atoms with Crippen LogP contribution in [-0.4, -0.2) is 66.2 Å². The van der Waals surface area contributed by atoms with Crippen LogP contribution in [0.15, 0.2) is 54.6 Å². The molecule has 1 fully saturated rings. The van der Waals surface area contributed by atoms with E-state index in [0.29, 0.717) is 6.54 Å². The van der Waals surface area contributed by atoms with Crippen molar-refractivity contribution >= 4 is 5.91 Å². The van der Waals surface area contributed by atoms with Gasteiger partial charge in [0.25, 0.3) is 0 Å². The third-order valence-corrected chi connectivity index (χ3v) is 5.05. The summed E-state index contributed by atoms with van der Waals surface area (Å²) in [7, 11) is 0. The Balaban J connectivity index is 1.41. The predicted octanol–water partition coefficient (Wildman–Crippen LogP) is 2.89. The molecule has 5 heteroatoms. The zero-order valence-corrected chi connectivity index (χ0v) is 16.8. The number of benzene rings is 2. The smallest absolute Gasteiger partial charge is 0.225 e. The van der Waals surface area contributed by atoms with Crippen molar-refractivity contribution in [3.8, 4) is 16.9 Å². The molecule has 150 valence electrons. The summed E-state index contributed by atoms with van der Waals surface area (Å²) >= 11 is 0. The molecule has 0 aromatic heterocycles. The summed E-state index contributed by atoms with van der Waals surface area (Å²) in [5.74, 6) is 1.01. The van der Waals surface area contributed by atoms with Crippen LogP contribution in [0.1, 0.15) is 13.8 Å². The van der Waals surface area contributed by atoms with E-state index in [1.54, 1.807) is 0 Å². The number of carbonyl (C=O) groups is 1. The first kappa shape index (κ1) is 20.4. The van der Waals surface area contributed by atoms with Gasteiger partial charge in [-0.2, -0.15) is 0 Å². The maximum atomic E-state index is 12.0. The Morgan fingerprint density at radius 1 is 0.964 bits per heavy atom. The van der Waals surface area contributed by atoms with Gasteiger partial charge in [0.05, 0.1) is 0 Å². The zero-order valence-electron chi connectivity index (χ0n) is 16.8. The Hall–Kier alpha value is -2.37. The lowest BCUT2D eigenvalue weighted by Gasteiger charge is -2.36. The molecule has 1 aliphatic rings. The van der Waals surface area contributed by atoms with Gasteiger partial charge in [0.1, 0.15) is 18.5 Å². The minimum absolute atomic E-state index is 0.0406. The second-order valence-electron chi connectivity index (χ2n) is 7.64. The molecule has 0 spiro atoms. The number of piperazine rings is 1. The molecule has 0 saturated carbocycles. The topological polar surface area (TPSA) is 53.0 Å². The van der Waals surface area contributed by atoms with Crippen molar-refractivity contribution in [2.45, 2.75) is 20.0 Å². The van der Waals surface area contributed by atoms with Crippen LogP contribution in [0, 0.1) is 5.92 Å². The number of amides is 1. The van der Waals surface area contributed by atoms with Crippen molar-refractivity contribution in [3.05, 3.63) is 54.6 Å². The zero-order chi connectivity index (χ0) is 19.9. The van der Waals surface area contributed by atoms with E-state index in [1.165, 1.54) is 5.56 Å². The summed E-state index contributed by atoms with van der Waals surface area (Å²) in [5.41, 5.74) is 2.31. The Morgan fingerprint density at radius 2 is 1.57 bits per heavy atom. The first-order valence-electron chi connectivity index (χ1n) is 10.0. The van der Waals surface area contributed by atoms with Gasteiger partial charge in [-0.3, -0.25) is 9.69 Å². The van der Waals surface area contributed by atoms with E-state index >= 15 is 0 Å². The van der Waals surface area contributed by atoms with Gasteiger partial charge in [0.2, 0.25) is 5.91 Å². The number of ether oxygens (including phenoxy) is 1. The van der Waals surface area contributed by atoms with Crippen molar-refractivity contribution in [1.82, 2.24) is 9.80 Å². The van der Waals surface area contributed by atoms with Crippen molar-refractivity contribution < 1.29 is 14.6 Å². The summed E-state index contributed by atoms with van der Waals surface area (Å²) in [5, 5.41) is 10.3. The molecule has 5 nitrogen and oxygen atoms in total. The lowest BCUT2D eigenvalue weighted by Crippen LogP contribution is -2.51. The minimum atomic E-state index is -0.554. The SMILES string of the molecule is CC(C)C(=O)N1CCN(CC(O)COc2ccc(-c3ccccc3)cc2)CC1. The standard InChI is InChI=1S/C23H30N2O3/c1-18(2)23(27)25-14-12-24(13-15-25)16-21(26)17-28-22-10-8-20(9-11-22)19-6-4-3-5-7-19/h3-11,18,21,26H,12-17H2,1-2H3. The lowest BCUT2D eigenvalue weighted by molar-refractivity contribution is -0.136. The van der Waals surface area contributed by atoms with Gasteiger partial charge >= 0.3 is 0 Å². The molecule has 28 heavy (non-hydrogen) atoms. The van der Waals surface area contributed by atoms with Crippen molar-refractivity contribution in [3.63, 3.8) is 0 Å². The van der Waals surface area contributed by atoms with Crippen LogP contribution in [0.25, 0.3) is 11.1 Å². The molecule has 0 radical (unpaired) electrons. The molecule has 2 aromatic carbocycles. The van der Waals surface area contributed by atoms with E-state index in [9.17, 15) is 9.90 Å². The molecule has 1 heterocycles. The average Bonchev–Trinajstić information content (AvgIpc) is 2.73. The third kappa shape index (κ3) is 5.57. The van der Waals surface area contributed by atoms with Gasteiger partial charge in [-0.15, -0.1) is 0 Å². The average molecular weight is 383 g/mol. The van der Waals surface area contributed by atoms with E-state index in [4.69, 9.17) is 4.74 Å². The number of nitrogens with zero attached hydrogens (tertiary/aromatic N) is 2. The van der Waals surface area contributed by atoms with Crippen LogP contribution in [-0.2, 0) is 4.79 Å². The number of aliphatic hydroxyl groups is 1. The van der Waals surface area contributed by atoms with Gasteiger partial charge in [0, 0.05) is 38.6 Å². The normalized spacial score (nSPS) is 16.2. The highest BCUT2D eigenvalue weighted by Crippen LogP contribution is 2.22. The summed E-state index contributed by atoms with van der Waals surface area (Å²) in [4.78, 5) is 16.1. The van der Waals surface area contributed by atoms with Crippen LogP contribution in [0.2, 0.25) is 0 Å². The van der Waals surface area contributed by atoms with Gasteiger partial charge in [-0.1, -0.05) is 56.3 Å². The second-order valence-corrected chi connectivity index (χ2v) is 7.64. The second kappa shape index (κ2) is 9.71. The van der Waals surface area contributed by atoms with Crippen molar-refractivity contribution in [2.24, 2.45) is 5.92 Å². The third-order valence-electron chi connectivity index (χ3n) is 5.05. The molecule has 1 saturated heterocycles. The molecule has 1 amide bonds. The van der Waals surface area contributed by atoms with E-state index in [-0.39, 0.29) is 18.4 Å². The molecule has 1 unspecified atom stereocenters. The number of hydrogen-bond acceptors (Lipinski definition) is 4. The van der Waals surface area contributed by atoms with Gasteiger partial charge < -0.3 is 14.7 Å². The van der Waals surface area contributed by atoms with Crippen LogP contribution in [0.3, 0.4) is 0 Å². The van der Waals surface area contributed by atoms with Gasteiger partial charge in [-0.25, -0.2) is 0 Å². The number of β-amino-alcohol motifs (C(OH)–C–C–N with tert-alkyl or cyclic N) is 1. The molecular weight excluding hydrogens is 352 g/mol. The fraction of sp³-hybridized carbons (Fsp3) is 0.435. The quantitative estimate of drug-likeness (QED) is 0.800. The number of carbonyl (C=O) groups excluding carboxylic acids is 1. The molecule has 1 aliphatic heterocycles. The Morgan fingerprint density at radius 3 is 2.18 bits per heavy atom. The summed E-state index contributed by atoms with van der Waals surface area (Å²) in [6.07, 6.45) is -0.554. The van der Waals surface area contributed by atoms with Crippen molar-refractivity contribution in [2.75, 3.05) is 39.3 Å². The van der Waals surface area contributed by atoms with Gasteiger partial charge in [0.15, 0.2) is 0 Å². The minimum Gasteiger partial charge on any atom is -0.491 e. The highest BCUT2D eigenvalue weighted by molar-refractivity contribution is 5.78. The predicted molar refractivity (Wildman–Crippen MR) is 111 cm³/mol. The number of rotatable bonds is 7. The van der Waals surface area contributed by atoms with Crippen molar-refractivity contribution in [1.29, 1.82) is 0 Å². The Kier molecular flexibility index (Phi) is 7.06. The molecule has 1 N–H and O–H groups in total. The number of hydrogen-bond donors (Lipinski definition) is 1. The molecule has 2 aromatic rings. The van der Waals surface area contributed by atoms with Crippen LogP contribution in [0.5, 0.6) is 5.75 Å². The molecular formula is C23H30N2O3.